The molecule has 0 spiro atoms. The lowest BCUT2D eigenvalue weighted by Gasteiger charge is -2.19. The number of pyridine rings is 1. The summed E-state index contributed by atoms with van der Waals surface area (Å²) < 4.78 is 26.8. The molecule has 1 amide bonds. The summed E-state index contributed by atoms with van der Waals surface area (Å²) in [5, 5.41) is 11.6. The fraction of sp³-hybridized carbons (Fsp3) is 0.222. The molecule has 0 unspecified atom stereocenters. The van der Waals surface area contributed by atoms with Gasteiger partial charge in [0.1, 0.15) is 0 Å². The lowest BCUT2D eigenvalue weighted by Crippen LogP contribution is -2.30. The zero-order valence-electron chi connectivity index (χ0n) is 15.7. The second-order valence-electron chi connectivity index (χ2n) is 5.84. The van der Waals surface area contributed by atoms with Gasteiger partial charge < -0.3 is 0 Å². The maximum Gasteiger partial charge on any atom is 0.259 e. The molecular weight excluding hydrogens is 434 g/mol. The number of aromatic nitrogens is 3. The summed E-state index contributed by atoms with van der Waals surface area (Å²) >= 11 is 7.32. The predicted octanol–water partition coefficient (Wildman–Crippen LogP) is 3.54. The third kappa shape index (κ3) is 4.61. The van der Waals surface area contributed by atoms with Crippen LogP contribution in [0.25, 0.3) is 10.6 Å². The minimum atomic E-state index is -3.72. The Balaban J connectivity index is 1.86. The Kier molecular flexibility index (Phi) is 6.58. The number of benzene rings is 1. The Morgan fingerprint density at radius 3 is 2.62 bits per heavy atom. The molecule has 152 valence electrons. The molecule has 1 N–H and O–H groups in total. The Morgan fingerprint density at radius 2 is 1.97 bits per heavy atom. The van der Waals surface area contributed by atoms with Crippen molar-refractivity contribution in [2.75, 3.05) is 18.4 Å². The van der Waals surface area contributed by atoms with Gasteiger partial charge in [-0.05, 0) is 30.3 Å². The van der Waals surface area contributed by atoms with Crippen LogP contribution < -0.4 is 5.32 Å². The molecule has 0 fully saturated rings. The molecule has 0 atom stereocenters. The van der Waals surface area contributed by atoms with Gasteiger partial charge in [0.25, 0.3) is 5.91 Å². The van der Waals surface area contributed by atoms with E-state index in [9.17, 15) is 13.2 Å². The minimum Gasteiger partial charge on any atom is -0.296 e. The second kappa shape index (κ2) is 8.95. The number of anilines is 1. The molecular formula is C18H18ClN5O3S2. The van der Waals surface area contributed by atoms with Crippen LogP contribution in [0.2, 0.25) is 5.02 Å². The molecule has 2 aromatic heterocycles. The Bertz CT molecular complexity index is 1120. The number of amides is 1. The van der Waals surface area contributed by atoms with Crippen LogP contribution in [0.5, 0.6) is 0 Å². The molecule has 2 heterocycles. The SMILES string of the molecule is CCN(CC)S(=O)(=O)c1ccc(Cl)c(C(=O)Nc2nnc(-c3cccnc3)s2)c1. The van der Waals surface area contributed by atoms with Crippen LogP contribution in [0.1, 0.15) is 24.2 Å². The zero-order chi connectivity index (χ0) is 21.0. The summed E-state index contributed by atoms with van der Waals surface area (Å²) in [6.07, 6.45) is 3.29. The summed E-state index contributed by atoms with van der Waals surface area (Å²) in [5.41, 5.74) is 0.814. The molecule has 1 aromatic carbocycles. The summed E-state index contributed by atoms with van der Waals surface area (Å²) in [6, 6.07) is 7.66. The first-order valence-electron chi connectivity index (χ1n) is 8.71. The van der Waals surface area contributed by atoms with Crippen molar-refractivity contribution in [2.45, 2.75) is 18.7 Å². The second-order valence-corrected chi connectivity index (χ2v) is 9.16. The number of rotatable bonds is 7. The van der Waals surface area contributed by atoms with Gasteiger partial charge in [0.05, 0.1) is 15.5 Å². The van der Waals surface area contributed by atoms with E-state index in [2.05, 4.69) is 20.5 Å². The van der Waals surface area contributed by atoms with E-state index >= 15 is 0 Å². The van der Waals surface area contributed by atoms with Crippen LogP contribution >= 0.6 is 22.9 Å². The highest BCUT2D eigenvalue weighted by atomic mass is 35.5. The third-order valence-corrected chi connectivity index (χ3v) is 7.34. The van der Waals surface area contributed by atoms with Crippen LogP contribution in [0.4, 0.5) is 5.13 Å². The van der Waals surface area contributed by atoms with Crippen LogP contribution in [0.15, 0.2) is 47.6 Å². The smallest absolute Gasteiger partial charge is 0.259 e. The third-order valence-electron chi connectivity index (χ3n) is 4.08. The topological polar surface area (TPSA) is 105 Å². The van der Waals surface area contributed by atoms with E-state index in [1.165, 1.54) is 33.8 Å². The van der Waals surface area contributed by atoms with Gasteiger partial charge in [-0.2, -0.15) is 4.31 Å². The first-order valence-corrected chi connectivity index (χ1v) is 11.3. The number of hydrogen-bond donors (Lipinski definition) is 1. The quantitative estimate of drug-likeness (QED) is 0.589. The molecule has 0 aliphatic rings. The van der Waals surface area contributed by atoms with Crippen LogP contribution in [0, 0.1) is 0 Å². The number of halogens is 1. The van der Waals surface area contributed by atoms with E-state index in [-0.39, 0.29) is 20.6 Å². The minimum absolute atomic E-state index is 0.00376. The standard InChI is InChI=1S/C18H18ClN5O3S2/c1-3-24(4-2)29(26,27)13-7-8-15(19)14(10-13)16(25)21-18-23-22-17(28-18)12-6-5-9-20-11-12/h5-11H,3-4H2,1-2H3,(H,21,23,25). The van der Waals surface area contributed by atoms with Gasteiger partial charge in [0.2, 0.25) is 15.2 Å². The van der Waals surface area contributed by atoms with Crippen molar-refractivity contribution in [3.63, 3.8) is 0 Å². The molecule has 29 heavy (non-hydrogen) atoms. The molecule has 11 heteroatoms. The Morgan fingerprint density at radius 1 is 1.21 bits per heavy atom. The number of hydrogen-bond acceptors (Lipinski definition) is 7. The van der Waals surface area contributed by atoms with E-state index < -0.39 is 15.9 Å². The predicted molar refractivity (Wildman–Crippen MR) is 113 cm³/mol. The Labute approximate surface area is 177 Å². The van der Waals surface area contributed by atoms with Crippen molar-refractivity contribution in [3.05, 3.63) is 53.3 Å². The molecule has 0 radical (unpaired) electrons. The molecule has 0 saturated carbocycles. The molecule has 0 aliphatic carbocycles. The summed E-state index contributed by atoms with van der Waals surface area (Å²) in [4.78, 5) is 16.7. The van der Waals surface area contributed by atoms with Gasteiger partial charge >= 0.3 is 0 Å². The average Bonchev–Trinajstić information content (AvgIpc) is 3.18. The first-order chi connectivity index (χ1) is 13.9. The van der Waals surface area contributed by atoms with Crippen molar-refractivity contribution in [2.24, 2.45) is 0 Å². The fourth-order valence-electron chi connectivity index (χ4n) is 2.60. The van der Waals surface area contributed by atoms with Gasteiger partial charge in [0, 0.05) is 31.0 Å². The largest absolute Gasteiger partial charge is 0.296 e. The first kappa shape index (κ1) is 21.3. The number of carbonyl (C=O) groups excluding carboxylic acids is 1. The van der Waals surface area contributed by atoms with Gasteiger partial charge in [-0.3, -0.25) is 15.1 Å². The van der Waals surface area contributed by atoms with Crippen molar-refractivity contribution in [1.29, 1.82) is 0 Å². The Hall–Kier alpha value is -2.40. The maximum absolute atomic E-state index is 12.7. The summed E-state index contributed by atoms with van der Waals surface area (Å²) in [6.45, 7) is 4.15. The molecule has 0 bridgehead atoms. The van der Waals surface area contributed by atoms with E-state index in [1.807, 2.05) is 6.07 Å². The number of nitrogens with one attached hydrogen (secondary N) is 1. The molecule has 0 aliphatic heterocycles. The average molecular weight is 452 g/mol. The molecule has 3 aromatic rings. The van der Waals surface area contributed by atoms with Gasteiger partial charge in [0.15, 0.2) is 5.01 Å². The van der Waals surface area contributed by atoms with Crippen molar-refractivity contribution in [3.8, 4) is 10.6 Å². The highest BCUT2D eigenvalue weighted by molar-refractivity contribution is 7.89. The molecule has 0 saturated heterocycles. The van der Waals surface area contributed by atoms with Crippen LogP contribution in [-0.4, -0.2) is 46.9 Å². The van der Waals surface area contributed by atoms with E-state index in [4.69, 9.17) is 11.6 Å². The van der Waals surface area contributed by atoms with Gasteiger partial charge in [-0.15, -0.1) is 10.2 Å². The summed E-state index contributed by atoms with van der Waals surface area (Å²) in [5.74, 6) is -0.569. The highest BCUT2D eigenvalue weighted by Gasteiger charge is 2.24. The van der Waals surface area contributed by atoms with E-state index in [1.54, 1.807) is 32.3 Å². The zero-order valence-corrected chi connectivity index (χ0v) is 18.1. The van der Waals surface area contributed by atoms with E-state index in [0.29, 0.717) is 18.1 Å². The van der Waals surface area contributed by atoms with Crippen LogP contribution in [0.3, 0.4) is 0 Å². The van der Waals surface area contributed by atoms with E-state index in [0.717, 1.165) is 5.56 Å². The van der Waals surface area contributed by atoms with Crippen molar-refractivity contribution >= 4 is 44.0 Å². The van der Waals surface area contributed by atoms with Crippen LogP contribution in [-0.2, 0) is 10.0 Å². The normalized spacial score (nSPS) is 11.6. The number of carbonyl (C=O) groups is 1. The highest BCUT2D eigenvalue weighted by Crippen LogP contribution is 2.27. The monoisotopic (exact) mass is 451 g/mol. The lowest BCUT2D eigenvalue weighted by atomic mass is 10.2. The number of sulfonamides is 1. The van der Waals surface area contributed by atoms with Gasteiger partial charge in [-0.1, -0.05) is 36.8 Å². The molecule has 3 rings (SSSR count). The van der Waals surface area contributed by atoms with Crippen molar-refractivity contribution in [1.82, 2.24) is 19.5 Å². The number of nitrogens with zero attached hydrogens (tertiary/aromatic N) is 4. The molecule has 8 nitrogen and oxygen atoms in total. The maximum atomic E-state index is 12.7. The van der Waals surface area contributed by atoms with Gasteiger partial charge in [-0.25, -0.2) is 8.42 Å². The fourth-order valence-corrected chi connectivity index (χ4v) is 5.01. The lowest BCUT2D eigenvalue weighted by molar-refractivity contribution is 0.102. The summed E-state index contributed by atoms with van der Waals surface area (Å²) in [7, 11) is -3.72. The van der Waals surface area contributed by atoms with Crippen molar-refractivity contribution < 1.29 is 13.2 Å².